The summed E-state index contributed by atoms with van der Waals surface area (Å²) in [7, 11) is 0. The Morgan fingerprint density at radius 2 is 2.30 bits per heavy atom. The van der Waals surface area contributed by atoms with Crippen LogP contribution in [0.4, 0.5) is 11.4 Å². The summed E-state index contributed by atoms with van der Waals surface area (Å²) in [6.45, 7) is 4.71. The Balaban J connectivity index is 2.13. The molecule has 5 nitrogen and oxygen atoms in total. The average molecular weight is 299 g/mol. The molecule has 20 heavy (non-hydrogen) atoms. The van der Waals surface area contributed by atoms with E-state index in [0.717, 1.165) is 37.1 Å². The van der Waals surface area contributed by atoms with Crippen LogP contribution in [0.15, 0.2) is 12.1 Å². The number of nitro benzene ring substituents is 1. The molecule has 1 aliphatic heterocycles. The lowest BCUT2D eigenvalue weighted by Crippen LogP contribution is -2.33. The zero-order valence-corrected chi connectivity index (χ0v) is 12.4. The van der Waals surface area contributed by atoms with Crippen LogP contribution >= 0.6 is 11.6 Å². The molecule has 2 atom stereocenters. The van der Waals surface area contributed by atoms with E-state index in [4.69, 9.17) is 16.3 Å². The molecular weight excluding hydrogens is 280 g/mol. The molecule has 6 heteroatoms. The maximum atomic E-state index is 10.8. The van der Waals surface area contributed by atoms with E-state index in [-0.39, 0.29) is 16.8 Å². The normalized spacial score (nSPS) is 22.6. The van der Waals surface area contributed by atoms with E-state index in [0.29, 0.717) is 6.04 Å². The number of ether oxygens (including phenoxy) is 1. The molecule has 2 rings (SSSR count). The van der Waals surface area contributed by atoms with Crippen LogP contribution in [0.25, 0.3) is 0 Å². The number of anilines is 1. The van der Waals surface area contributed by atoms with Gasteiger partial charge in [-0.1, -0.05) is 18.5 Å². The van der Waals surface area contributed by atoms with Crippen LogP contribution in [0.1, 0.15) is 31.7 Å². The minimum absolute atomic E-state index is 0.0480. The fraction of sp³-hybridized carbons (Fsp3) is 0.571. The van der Waals surface area contributed by atoms with Gasteiger partial charge in [-0.25, -0.2) is 0 Å². The SMILES string of the molecule is CCC1CC(Nc2cc(Cl)c([N+](=O)[O-])cc2C)CCO1. The van der Waals surface area contributed by atoms with E-state index in [2.05, 4.69) is 12.2 Å². The van der Waals surface area contributed by atoms with Crippen molar-refractivity contribution < 1.29 is 9.66 Å². The molecule has 0 aromatic heterocycles. The Morgan fingerprint density at radius 1 is 1.55 bits per heavy atom. The summed E-state index contributed by atoms with van der Waals surface area (Å²) in [5.74, 6) is 0. The fourth-order valence-corrected chi connectivity index (χ4v) is 2.71. The number of nitrogens with zero attached hydrogens (tertiary/aromatic N) is 1. The predicted molar refractivity (Wildman–Crippen MR) is 79.5 cm³/mol. The number of benzene rings is 1. The molecule has 1 aromatic carbocycles. The predicted octanol–water partition coefficient (Wildman–Crippen LogP) is 3.93. The molecule has 1 saturated heterocycles. The average Bonchev–Trinajstić information content (AvgIpc) is 2.42. The highest BCUT2D eigenvalue weighted by atomic mass is 35.5. The third-order valence-corrected chi connectivity index (χ3v) is 3.98. The van der Waals surface area contributed by atoms with Crippen LogP contribution < -0.4 is 5.32 Å². The lowest BCUT2D eigenvalue weighted by atomic mass is 10.0. The summed E-state index contributed by atoms with van der Waals surface area (Å²) in [5.41, 5.74) is 1.65. The van der Waals surface area contributed by atoms with Gasteiger partial charge in [0.2, 0.25) is 0 Å². The monoisotopic (exact) mass is 298 g/mol. The van der Waals surface area contributed by atoms with Gasteiger partial charge in [0.25, 0.3) is 5.69 Å². The largest absolute Gasteiger partial charge is 0.382 e. The van der Waals surface area contributed by atoms with Gasteiger partial charge in [-0.3, -0.25) is 10.1 Å². The van der Waals surface area contributed by atoms with Crippen molar-refractivity contribution in [3.05, 3.63) is 32.8 Å². The molecule has 1 aromatic rings. The van der Waals surface area contributed by atoms with Gasteiger partial charge in [0.15, 0.2) is 0 Å². The highest BCUT2D eigenvalue weighted by Gasteiger charge is 2.22. The van der Waals surface area contributed by atoms with Crippen molar-refractivity contribution in [3.8, 4) is 0 Å². The Hall–Kier alpha value is -1.33. The Kier molecular flexibility index (Phi) is 4.83. The maximum Gasteiger partial charge on any atom is 0.288 e. The standard InChI is InChI=1S/C14H19ClN2O3/c1-3-11-7-10(4-5-20-11)16-13-8-12(15)14(17(18)19)6-9(13)2/h6,8,10-11,16H,3-5,7H2,1-2H3. The lowest BCUT2D eigenvalue weighted by molar-refractivity contribution is -0.384. The van der Waals surface area contributed by atoms with Crippen LogP contribution in [0.2, 0.25) is 5.02 Å². The highest BCUT2D eigenvalue weighted by molar-refractivity contribution is 6.33. The fourth-order valence-electron chi connectivity index (χ4n) is 2.48. The smallest absolute Gasteiger partial charge is 0.288 e. The maximum absolute atomic E-state index is 10.8. The minimum atomic E-state index is -0.458. The minimum Gasteiger partial charge on any atom is -0.382 e. The Labute approximate surface area is 123 Å². The second-order valence-electron chi connectivity index (χ2n) is 5.14. The Bertz CT molecular complexity index is 507. The van der Waals surface area contributed by atoms with Crippen LogP contribution in [-0.2, 0) is 4.74 Å². The molecular formula is C14H19ClN2O3. The number of nitrogens with one attached hydrogen (secondary N) is 1. The molecule has 1 fully saturated rings. The molecule has 0 radical (unpaired) electrons. The van der Waals surface area contributed by atoms with E-state index in [9.17, 15) is 10.1 Å². The third kappa shape index (κ3) is 3.41. The molecule has 2 unspecified atom stereocenters. The first-order valence-corrected chi connectivity index (χ1v) is 7.21. The van der Waals surface area contributed by atoms with Gasteiger partial charge >= 0.3 is 0 Å². The van der Waals surface area contributed by atoms with Crippen molar-refractivity contribution in [2.45, 2.75) is 45.3 Å². The van der Waals surface area contributed by atoms with Gasteiger partial charge in [0.1, 0.15) is 5.02 Å². The molecule has 1 aliphatic rings. The molecule has 0 amide bonds. The summed E-state index contributed by atoms with van der Waals surface area (Å²) in [6, 6.07) is 3.48. The summed E-state index contributed by atoms with van der Waals surface area (Å²) in [6.07, 6.45) is 3.17. The van der Waals surface area contributed by atoms with E-state index in [1.807, 2.05) is 6.92 Å². The quantitative estimate of drug-likeness (QED) is 0.676. The first-order valence-electron chi connectivity index (χ1n) is 6.84. The van der Waals surface area contributed by atoms with Gasteiger partial charge in [0.05, 0.1) is 11.0 Å². The van der Waals surface area contributed by atoms with Crippen LogP contribution in [-0.4, -0.2) is 23.7 Å². The number of rotatable bonds is 4. The second-order valence-corrected chi connectivity index (χ2v) is 5.55. The molecule has 0 spiro atoms. The van der Waals surface area contributed by atoms with Crippen molar-refractivity contribution in [2.24, 2.45) is 0 Å². The summed E-state index contributed by atoms with van der Waals surface area (Å²) in [5, 5.41) is 14.4. The first-order chi connectivity index (χ1) is 9.51. The van der Waals surface area contributed by atoms with Crippen molar-refractivity contribution in [2.75, 3.05) is 11.9 Å². The molecule has 0 bridgehead atoms. The van der Waals surface area contributed by atoms with Gasteiger partial charge in [-0.05, 0) is 37.8 Å². The van der Waals surface area contributed by atoms with Gasteiger partial charge in [-0.15, -0.1) is 0 Å². The second kappa shape index (κ2) is 6.41. The van der Waals surface area contributed by atoms with E-state index < -0.39 is 4.92 Å². The highest BCUT2D eigenvalue weighted by Crippen LogP contribution is 2.32. The summed E-state index contributed by atoms with van der Waals surface area (Å²) in [4.78, 5) is 10.4. The topological polar surface area (TPSA) is 64.4 Å². The Morgan fingerprint density at radius 3 is 2.95 bits per heavy atom. The first kappa shape index (κ1) is 15.1. The third-order valence-electron chi connectivity index (χ3n) is 3.67. The number of nitro groups is 1. The molecule has 1 N–H and O–H groups in total. The molecule has 0 aliphatic carbocycles. The zero-order chi connectivity index (χ0) is 14.7. The van der Waals surface area contributed by atoms with Gasteiger partial charge in [0, 0.05) is 24.4 Å². The summed E-state index contributed by atoms with van der Waals surface area (Å²) < 4.78 is 5.64. The number of aryl methyl sites for hydroxylation is 1. The van der Waals surface area contributed by atoms with Crippen LogP contribution in [0.5, 0.6) is 0 Å². The van der Waals surface area contributed by atoms with E-state index in [1.165, 1.54) is 6.07 Å². The van der Waals surface area contributed by atoms with Crippen LogP contribution in [0.3, 0.4) is 0 Å². The van der Waals surface area contributed by atoms with Crippen molar-refractivity contribution >= 4 is 23.0 Å². The molecule has 110 valence electrons. The number of hydrogen-bond acceptors (Lipinski definition) is 4. The van der Waals surface area contributed by atoms with Crippen LogP contribution in [0, 0.1) is 17.0 Å². The molecule has 1 heterocycles. The molecule has 0 saturated carbocycles. The van der Waals surface area contributed by atoms with E-state index >= 15 is 0 Å². The van der Waals surface area contributed by atoms with Crippen molar-refractivity contribution in [3.63, 3.8) is 0 Å². The number of hydrogen-bond donors (Lipinski definition) is 1. The van der Waals surface area contributed by atoms with Crippen molar-refractivity contribution in [1.29, 1.82) is 0 Å². The lowest BCUT2D eigenvalue weighted by Gasteiger charge is -2.30. The number of halogens is 1. The van der Waals surface area contributed by atoms with E-state index in [1.54, 1.807) is 6.07 Å². The zero-order valence-electron chi connectivity index (χ0n) is 11.7. The van der Waals surface area contributed by atoms with Gasteiger partial charge in [-0.2, -0.15) is 0 Å². The van der Waals surface area contributed by atoms with Gasteiger partial charge < -0.3 is 10.1 Å². The van der Waals surface area contributed by atoms with Crippen molar-refractivity contribution in [1.82, 2.24) is 0 Å². The summed E-state index contributed by atoms with van der Waals surface area (Å²) >= 11 is 5.96.